The highest BCUT2D eigenvalue weighted by molar-refractivity contribution is 7.09. The fraction of sp³-hybridized carbons (Fsp3) is 0.650. The summed E-state index contributed by atoms with van der Waals surface area (Å²) in [7, 11) is 1.88. The molecule has 6 nitrogen and oxygen atoms in total. The van der Waals surface area contributed by atoms with Crippen LogP contribution < -0.4 is 0 Å². The molecule has 146 valence electrons. The van der Waals surface area contributed by atoms with E-state index in [9.17, 15) is 4.79 Å². The molecule has 0 saturated carbocycles. The van der Waals surface area contributed by atoms with Crippen LogP contribution >= 0.6 is 11.3 Å². The van der Waals surface area contributed by atoms with Gasteiger partial charge in [-0.2, -0.15) is 5.10 Å². The van der Waals surface area contributed by atoms with Crippen LogP contribution in [0.4, 0.5) is 0 Å². The first-order valence-electron chi connectivity index (χ1n) is 9.87. The molecule has 1 amide bonds. The normalized spacial score (nSPS) is 23.9. The first-order chi connectivity index (χ1) is 12.9. The van der Waals surface area contributed by atoms with E-state index in [0.29, 0.717) is 0 Å². The zero-order valence-corrected chi connectivity index (χ0v) is 17.4. The molecule has 2 aliphatic heterocycles. The predicted octanol–water partition coefficient (Wildman–Crippen LogP) is 3.01. The van der Waals surface area contributed by atoms with Crippen LogP contribution in [0.3, 0.4) is 0 Å². The number of hydrogen-bond acceptors (Lipinski definition) is 5. The van der Waals surface area contributed by atoms with Gasteiger partial charge in [-0.15, -0.1) is 11.3 Å². The molecule has 0 bridgehead atoms. The van der Waals surface area contributed by atoms with Gasteiger partial charge in [-0.25, -0.2) is 4.98 Å². The van der Waals surface area contributed by atoms with Crippen molar-refractivity contribution >= 4 is 17.2 Å². The van der Waals surface area contributed by atoms with Crippen molar-refractivity contribution in [1.29, 1.82) is 0 Å². The fourth-order valence-electron chi connectivity index (χ4n) is 4.85. The van der Waals surface area contributed by atoms with Crippen LogP contribution in [0, 0.1) is 19.3 Å². The van der Waals surface area contributed by atoms with Crippen molar-refractivity contribution < 1.29 is 4.79 Å². The summed E-state index contributed by atoms with van der Waals surface area (Å²) in [6.45, 7) is 8.85. The van der Waals surface area contributed by atoms with Gasteiger partial charge in [-0.3, -0.25) is 14.4 Å². The third kappa shape index (κ3) is 3.94. The quantitative estimate of drug-likeness (QED) is 0.812. The first-order valence-corrected chi connectivity index (χ1v) is 10.7. The molecule has 1 atom stereocenters. The summed E-state index contributed by atoms with van der Waals surface area (Å²) < 4.78 is 1.74. The number of nitrogens with zero attached hydrogens (tertiary/aromatic N) is 5. The van der Waals surface area contributed by atoms with E-state index in [1.807, 2.05) is 20.2 Å². The molecule has 27 heavy (non-hydrogen) atoms. The van der Waals surface area contributed by atoms with Gasteiger partial charge < -0.3 is 4.90 Å². The number of piperidine rings is 2. The number of aryl methyl sites for hydroxylation is 3. The highest BCUT2D eigenvalue weighted by Gasteiger charge is 2.41. The zero-order valence-electron chi connectivity index (χ0n) is 16.6. The predicted molar refractivity (Wildman–Crippen MR) is 107 cm³/mol. The molecule has 2 saturated heterocycles. The molecule has 2 fully saturated rings. The highest BCUT2D eigenvalue weighted by Crippen LogP contribution is 2.39. The van der Waals surface area contributed by atoms with E-state index in [2.05, 4.69) is 32.2 Å². The Hall–Kier alpha value is -1.73. The van der Waals surface area contributed by atoms with Gasteiger partial charge in [0.15, 0.2) is 0 Å². The Balaban J connectivity index is 1.46. The molecule has 0 radical (unpaired) electrons. The van der Waals surface area contributed by atoms with Crippen LogP contribution in [0.15, 0.2) is 11.6 Å². The lowest BCUT2D eigenvalue weighted by molar-refractivity contribution is 0.0110. The van der Waals surface area contributed by atoms with Crippen molar-refractivity contribution in [3.05, 3.63) is 33.5 Å². The van der Waals surface area contributed by atoms with Crippen molar-refractivity contribution in [2.75, 3.05) is 26.2 Å². The van der Waals surface area contributed by atoms with E-state index in [-0.39, 0.29) is 11.3 Å². The molecule has 2 aromatic heterocycles. The van der Waals surface area contributed by atoms with Gasteiger partial charge in [0.1, 0.15) is 0 Å². The standard InChI is InChI=1S/C20H29N5OS/c1-15-18(11-23(3)22-15)19(26)25-9-5-7-20(14-25)6-4-8-24(13-20)10-17-12-27-16(2)21-17/h11-12H,4-10,13-14H2,1-3H3. The van der Waals surface area contributed by atoms with Gasteiger partial charge in [0.25, 0.3) is 5.91 Å². The monoisotopic (exact) mass is 387 g/mol. The van der Waals surface area contributed by atoms with Crippen molar-refractivity contribution in [3.8, 4) is 0 Å². The molecule has 0 N–H and O–H groups in total. The summed E-state index contributed by atoms with van der Waals surface area (Å²) in [6.07, 6.45) is 6.59. The number of hydrogen-bond donors (Lipinski definition) is 0. The smallest absolute Gasteiger partial charge is 0.257 e. The van der Waals surface area contributed by atoms with Crippen molar-refractivity contribution in [1.82, 2.24) is 24.6 Å². The third-order valence-corrected chi connectivity index (χ3v) is 6.81. The summed E-state index contributed by atoms with van der Waals surface area (Å²) in [4.78, 5) is 22.3. The largest absolute Gasteiger partial charge is 0.338 e. The van der Waals surface area contributed by atoms with E-state index in [1.54, 1.807) is 16.0 Å². The third-order valence-electron chi connectivity index (χ3n) is 5.99. The van der Waals surface area contributed by atoms with Crippen LogP contribution in [0.5, 0.6) is 0 Å². The second-order valence-corrected chi connectivity index (χ2v) is 9.37. The average molecular weight is 388 g/mol. The van der Waals surface area contributed by atoms with Gasteiger partial charge >= 0.3 is 0 Å². The molecule has 2 aliphatic rings. The summed E-state index contributed by atoms with van der Waals surface area (Å²) >= 11 is 1.73. The fourth-order valence-corrected chi connectivity index (χ4v) is 5.45. The number of carbonyl (C=O) groups excluding carboxylic acids is 1. The van der Waals surface area contributed by atoms with Crippen LogP contribution in [-0.2, 0) is 13.6 Å². The van der Waals surface area contributed by atoms with E-state index in [0.717, 1.165) is 55.4 Å². The molecule has 7 heteroatoms. The van der Waals surface area contributed by atoms with E-state index in [4.69, 9.17) is 0 Å². The minimum absolute atomic E-state index is 0.145. The highest BCUT2D eigenvalue weighted by atomic mass is 32.1. The SMILES string of the molecule is Cc1nc(CN2CCCC3(CCCN(C(=O)c4cn(C)nc4C)C3)C2)cs1. The molecule has 0 aliphatic carbocycles. The molecule has 1 spiro atoms. The Bertz CT molecular complexity index is 824. The maximum Gasteiger partial charge on any atom is 0.257 e. The van der Waals surface area contributed by atoms with Gasteiger partial charge in [0, 0.05) is 50.2 Å². The van der Waals surface area contributed by atoms with Crippen LogP contribution in [-0.4, -0.2) is 56.7 Å². The van der Waals surface area contributed by atoms with Gasteiger partial charge in [0.2, 0.25) is 0 Å². The number of aromatic nitrogens is 3. The van der Waals surface area contributed by atoms with Crippen molar-refractivity contribution in [2.24, 2.45) is 12.5 Å². The molecule has 0 aromatic carbocycles. The van der Waals surface area contributed by atoms with E-state index in [1.165, 1.54) is 25.0 Å². The lowest BCUT2D eigenvalue weighted by Crippen LogP contribution is -2.53. The molecule has 1 unspecified atom stereocenters. The molecule has 2 aromatic rings. The summed E-state index contributed by atoms with van der Waals surface area (Å²) in [6, 6.07) is 0. The minimum atomic E-state index is 0.145. The topological polar surface area (TPSA) is 54.3 Å². The lowest BCUT2D eigenvalue weighted by atomic mass is 9.73. The number of amides is 1. The minimum Gasteiger partial charge on any atom is -0.338 e. The molecule has 4 heterocycles. The Morgan fingerprint density at radius 2 is 2.00 bits per heavy atom. The summed E-state index contributed by atoms with van der Waals surface area (Å²) in [5, 5.41) is 7.66. The van der Waals surface area contributed by atoms with Crippen LogP contribution in [0.1, 0.15) is 52.4 Å². The van der Waals surface area contributed by atoms with E-state index < -0.39 is 0 Å². The summed E-state index contributed by atoms with van der Waals surface area (Å²) in [5.74, 6) is 0.145. The second kappa shape index (κ2) is 7.36. The summed E-state index contributed by atoms with van der Waals surface area (Å²) in [5.41, 5.74) is 2.99. The van der Waals surface area contributed by atoms with E-state index >= 15 is 0 Å². The average Bonchev–Trinajstić information content (AvgIpc) is 3.19. The maximum absolute atomic E-state index is 13.1. The second-order valence-electron chi connectivity index (χ2n) is 8.30. The van der Waals surface area contributed by atoms with Gasteiger partial charge in [0.05, 0.1) is 22.0 Å². The van der Waals surface area contributed by atoms with Crippen LogP contribution in [0.25, 0.3) is 0 Å². The Morgan fingerprint density at radius 1 is 1.22 bits per heavy atom. The number of thiazole rings is 1. The Kier molecular flexibility index (Phi) is 5.07. The number of rotatable bonds is 3. The zero-order chi connectivity index (χ0) is 19.0. The van der Waals surface area contributed by atoms with Crippen LogP contribution in [0.2, 0.25) is 0 Å². The number of likely N-dealkylation sites (tertiary alicyclic amines) is 2. The first kappa shape index (κ1) is 18.6. The Labute approximate surface area is 165 Å². The maximum atomic E-state index is 13.1. The lowest BCUT2D eigenvalue weighted by Gasteiger charge is -2.48. The van der Waals surface area contributed by atoms with Crippen molar-refractivity contribution in [3.63, 3.8) is 0 Å². The van der Waals surface area contributed by atoms with Crippen molar-refractivity contribution in [2.45, 2.75) is 46.1 Å². The van der Waals surface area contributed by atoms with Gasteiger partial charge in [-0.1, -0.05) is 0 Å². The Morgan fingerprint density at radius 3 is 2.67 bits per heavy atom. The number of carbonyl (C=O) groups is 1. The molecular weight excluding hydrogens is 358 g/mol. The molecule has 4 rings (SSSR count). The molecular formula is C20H29N5OS. The van der Waals surface area contributed by atoms with Gasteiger partial charge in [-0.05, 0) is 46.1 Å².